The quantitative estimate of drug-likeness (QED) is 0.192. The SMILES string of the molecule is CC1(C)c2ccccc2-c2ccc3c4ccccc4n(-c4ccc(-c5nc(-c6ccc(-c7ccccc7)cc6)c6ccccc6n5)cc4)c3c21. The smallest absolute Gasteiger partial charge is 0.160 e. The Morgan fingerprint density at radius 2 is 1.10 bits per heavy atom. The Labute approximate surface area is 291 Å². The summed E-state index contributed by atoms with van der Waals surface area (Å²) >= 11 is 0. The van der Waals surface area contributed by atoms with E-state index in [0.717, 1.165) is 39.2 Å². The number of nitrogens with zero attached hydrogens (tertiary/aromatic N) is 3. The molecule has 0 bridgehead atoms. The molecule has 1 aliphatic carbocycles. The van der Waals surface area contributed by atoms with Crippen molar-refractivity contribution in [2.45, 2.75) is 19.3 Å². The Kier molecular flexibility index (Phi) is 6.22. The Morgan fingerprint density at radius 3 is 1.92 bits per heavy atom. The van der Waals surface area contributed by atoms with Crippen LogP contribution >= 0.6 is 0 Å². The number of fused-ring (bicyclic) bond motifs is 8. The van der Waals surface area contributed by atoms with E-state index in [1.54, 1.807) is 0 Å². The molecule has 3 nitrogen and oxygen atoms in total. The van der Waals surface area contributed by atoms with Crippen LogP contribution in [0.25, 0.3) is 83.3 Å². The van der Waals surface area contributed by atoms with Gasteiger partial charge in [-0.2, -0.15) is 0 Å². The van der Waals surface area contributed by atoms with E-state index < -0.39 is 0 Å². The number of hydrogen-bond acceptors (Lipinski definition) is 2. The molecule has 0 saturated heterocycles. The van der Waals surface area contributed by atoms with E-state index in [2.05, 4.69) is 170 Å². The molecule has 2 aromatic heterocycles. The molecule has 0 N–H and O–H groups in total. The molecule has 0 atom stereocenters. The van der Waals surface area contributed by atoms with Crippen molar-refractivity contribution in [2.24, 2.45) is 0 Å². The van der Waals surface area contributed by atoms with Gasteiger partial charge in [0, 0.05) is 38.4 Å². The lowest BCUT2D eigenvalue weighted by molar-refractivity contribution is 0.664. The molecule has 3 heteroatoms. The number of aromatic nitrogens is 3. The molecule has 0 fully saturated rings. The second-order valence-corrected chi connectivity index (χ2v) is 13.8. The van der Waals surface area contributed by atoms with Crippen LogP contribution in [0.5, 0.6) is 0 Å². The van der Waals surface area contributed by atoms with Crippen molar-refractivity contribution in [3.63, 3.8) is 0 Å². The van der Waals surface area contributed by atoms with Gasteiger partial charge in [-0.15, -0.1) is 0 Å². The van der Waals surface area contributed by atoms with Crippen LogP contribution in [-0.2, 0) is 5.41 Å². The van der Waals surface area contributed by atoms with Gasteiger partial charge >= 0.3 is 0 Å². The Bertz CT molecular complexity index is 2750. The minimum Gasteiger partial charge on any atom is -0.309 e. The van der Waals surface area contributed by atoms with E-state index in [0.29, 0.717) is 0 Å². The molecular weight excluding hydrogens is 607 g/mol. The van der Waals surface area contributed by atoms with Crippen LogP contribution in [-0.4, -0.2) is 14.5 Å². The van der Waals surface area contributed by atoms with Crippen LogP contribution in [0.3, 0.4) is 0 Å². The summed E-state index contributed by atoms with van der Waals surface area (Å²) in [4.78, 5) is 10.3. The highest BCUT2D eigenvalue weighted by Crippen LogP contribution is 2.52. The lowest BCUT2D eigenvalue weighted by atomic mass is 9.81. The summed E-state index contributed by atoms with van der Waals surface area (Å²) in [6.07, 6.45) is 0. The molecule has 0 unspecified atom stereocenters. The fourth-order valence-electron chi connectivity index (χ4n) is 8.22. The first-order chi connectivity index (χ1) is 24.6. The first-order valence-corrected chi connectivity index (χ1v) is 17.3. The van der Waals surface area contributed by atoms with Crippen LogP contribution in [0.4, 0.5) is 0 Å². The van der Waals surface area contributed by atoms with E-state index in [1.165, 1.54) is 55.2 Å². The second-order valence-electron chi connectivity index (χ2n) is 13.8. The predicted octanol–water partition coefficient (Wildman–Crippen LogP) is 12.0. The predicted molar refractivity (Wildman–Crippen MR) is 208 cm³/mol. The zero-order chi connectivity index (χ0) is 33.4. The topological polar surface area (TPSA) is 30.7 Å². The molecule has 0 spiro atoms. The molecule has 236 valence electrons. The number of para-hydroxylation sites is 2. The zero-order valence-electron chi connectivity index (χ0n) is 27.9. The van der Waals surface area contributed by atoms with E-state index >= 15 is 0 Å². The van der Waals surface area contributed by atoms with Crippen molar-refractivity contribution in [3.8, 4) is 50.6 Å². The minimum absolute atomic E-state index is 0.133. The number of benzene rings is 7. The average Bonchev–Trinajstić information content (AvgIpc) is 3.63. The highest BCUT2D eigenvalue weighted by Gasteiger charge is 2.38. The van der Waals surface area contributed by atoms with E-state index in [4.69, 9.17) is 9.97 Å². The van der Waals surface area contributed by atoms with Gasteiger partial charge in [0.05, 0.1) is 22.2 Å². The summed E-state index contributed by atoms with van der Waals surface area (Å²) < 4.78 is 2.46. The van der Waals surface area contributed by atoms with Gasteiger partial charge in [-0.1, -0.05) is 141 Å². The van der Waals surface area contributed by atoms with Crippen LogP contribution in [0, 0.1) is 0 Å². The fraction of sp³-hybridized carbons (Fsp3) is 0.0638. The molecule has 0 aliphatic heterocycles. The van der Waals surface area contributed by atoms with Gasteiger partial charge in [0.15, 0.2) is 5.82 Å². The third kappa shape index (κ3) is 4.23. The largest absolute Gasteiger partial charge is 0.309 e. The fourth-order valence-corrected chi connectivity index (χ4v) is 8.22. The van der Waals surface area contributed by atoms with Gasteiger partial charge in [0.1, 0.15) is 0 Å². The molecule has 10 rings (SSSR count). The second kappa shape index (κ2) is 10.8. The summed E-state index contributed by atoms with van der Waals surface area (Å²) in [5.41, 5.74) is 15.2. The van der Waals surface area contributed by atoms with E-state index in [9.17, 15) is 0 Å². The van der Waals surface area contributed by atoms with Gasteiger partial charge in [0.25, 0.3) is 0 Å². The summed E-state index contributed by atoms with van der Waals surface area (Å²) in [6.45, 7) is 4.73. The monoisotopic (exact) mass is 639 g/mol. The lowest BCUT2D eigenvalue weighted by Gasteiger charge is -2.23. The van der Waals surface area contributed by atoms with Crippen molar-refractivity contribution in [3.05, 3.63) is 175 Å². The first-order valence-electron chi connectivity index (χ1n) is 17.3. The third-order valence-corrected chi connectivity index (χ3v) is 10.6. The van der Waals surface area contributed by atoms with Gasteiger partial charge in [0.2, 0.25) is 0 Å². The lowest BCUT2D eigenvalue weighted by Crippen LogP contribution is -2.16. The van der Waals surface area contributed by atoms with Crippen LogP contribution < -0.4 is 0 Å². The molecule has 7 aromatic carbocycles. The maximum atomic E-state index is 5.21. The molecular formula is C47H33N3. The van der Waals surface area contributed by atoms with Crippen molar-refractivity contribution >= 4 is 32.7 Å². The van der Waals surface area contributed by atoms with Gasteiger partial charge in [-0.05, 0) is 69.8 Å². The summed E-state index contributed by atoms with van der Waals surface area (Å²) in [5.74, 6) is 0.720. The van der Waals surface area contributed by atoms with Gasteiger partial charge < -0.3 is 4.57 Å². The summed E-state index contributed by atoms with van der Waals surface area (Å²) in [5, 5.41) is 3.59. The summed E-state index contributed by atoms with van der Waals surface area (Å²) in [7, 11) is 0. The molecule has 0 saturated carbocycles. The molecule has 50 heavy (non-hydrogen) atoms. The van der Waals surface area contributed by atoms with Crippen LogP contribution in [0.2, 0.25) is 0 Å². The molecule has 0 radical (unpaired) electrons. The van der Waals surface area contributed by atoms with E-state index in [1.807, 2.05) is 12.1 Å². The number of rotatable bonds is 4. The van der Waals surface area contributed by atoms with Crippen molar-refractivity contribution in [1.82, 2.24) is 14.5 Å². The van der Waals surface area contributed by atoms with Gasteiger partial charge in [-0.3, -0.25) is 0 Å². The highest BCUT2D eigenvalue weighted by molar-refractivity contribution is 6.13. The van der Waals surface area contributed by atoms with Crippen molar-refractivity contribution < 1.29 is 0 Å². The van der Waals surface area contributed by atoms with Gasteiger partial charge in [-0.25, -0.2) is 9.97 Å². The average molecular weight is 640 g/mol. The van der Waals surface area contributed by atoms with E-state index in [-0.39, 0.29) is 5.41 Å². The molecule has 9 aromatic rings. The maximum absolute atomic E-state index is 5.21. The molecule has 2 heterocycles. The Hall–Kier alpha value is -6.32. The first kappa shape index (κ1) is 28.7. The maximum Gasteiger partial charge on any atom is 0.160 e. The molecule has 0 amide bonds. The Morgan fingerprint density at radius 1 is 0.460 bits per heavy atom. The van der Waals surface area contributed by atoms with Crippen LogP contribution in [0.1, 0.15) is 25.0 Å². The third-order valence-electron chi connectivity index (χ3n) is 10.6. The summed E-state index contributed by atoms with van der Waals surface area (Å²) in [6, 6.07) is 58.6. The van der Waals surface area contributed by atoms with Crippen molar-refractivity contribution in [2.75, 3.05) is 0 Å². The Balaban J connectivity index is 1.11. The minimum atomic E-state index is -0.133. The zero-order valence-corrected chi connectivity index (χ0v) is 27.9. The molecule has 1 aliphatic rings. The standard InChI is InChI=1S/C47H33N3/c1-47(2)40-17-9-6-14-35(40)37-28-29-38-36-15-8-11-19-42(36)50(45(38)43(37)47)34-26-24-33(25-27-34)46-48-41-18-10-7-16-39(41)44(49-46)32-22-20-31(21-23-32)30-12-4-3-5-13-30/h3-29H,1-2H3. The normalized spacial score (nSPS) is 13.2. The highest BCUT2D eigenvalue weighted by atomic mass is 15.0. The number of hydrogen-bond donors (Lipinski definition) is 0. The van der Waals surface area contributed by atoms with Crippen molar-refractivity contribution in [1.29, 1.82) is 0 Å². The van der Waals surface area contributed by atoms with Crippen LogP contribution in [0.15, 0.2) is 164 Å².